The maximum Gasteiger partial charge on any atom is 0.407 e. The summed E-state index contributed by atoms with van der Waals surface area (Å²) in [7, 11) is 2.08. The maximum atomic E-state index is 12.4. The van der Waals surface area contributed by atoms with Crippen molar-refractivity contribution in [2.45, 2.75) is 64.1 Å². The minimum atomic E-state index is -0.503. The number of hydrogen-bond donors (Lipinski definition) is 2. The van der Waals surface area contributed by atoms with Crippen LogP contribution in [0, 0.1) is 17.8 Å². The minimum absolute atomic E-state index is 0.0130. The summed E-state index contributed by atoms with van der Waals surface area (Å²) in [5, 5.41) is 5.92. The van der Waals surface area contributed by atoms with Crippen molar-refractivity contribution in [3.05, 3.63) is 29.8 Å². The second-order valence-electron chi connectivity index (χ2n) is 8.93. The zero-order valence-electron chi connectivity index (χ0n) is 17.7. The lowest BCUT2D eigenvalue weighted by molar-refractivity contribution is -0.116. The lowest BCUT2D eigenvalue weighted by Gasteiger charge is -2.33. The van der Waals surface area contributed by atoms with Crippen LogP contribution in [0.25, 0.3) is 0 Å². The topological polar surface area (TPSA) is 70.7 Å². The van der Waals surface area contributed by atoms with Crippen LogP contribution in [0.15, 0.2) is 24.3 Å². The number of benzene rings is 1. The lowest BCUT2D eigenvalue weighted by atomic mass is 9.81. The first-order valence-electron chi connectivity index (χ1n) is 10.3. The molecule has 1 aromatic carbocycles. The predicted octanol–water partition coefficient (Wildman–Crippen LogP) is 3.38. The Morgan fingerprint density at radius 1 is 1.17 bits per heavy atom. The van der Waals surface area contributed by atoms with Crippen molar-refractivity contribution in [3.8, 4) is 11.8 Å². The molecule has 1 saturated carbocycles. The van der Waals surface area contributed by atoms with E-state index >= 15 is 0 Å². The molecule has 1 aromatic rings. The Kier molecular flexibility index (Phi) is 6.36. The number of para-hydroxylation sites is 1. The van der Waals surface area contributed by atoms with Gasteiger partial charge in [0.25, 0.3) is 5.91 Å². The Balaban J connectivity index is 1.49. The highest BCUT2D eigenvalue weighted by molar-refractivity contribution is 5.94. The Labute approximate surface area is 173 Å². The number of alkyl carbamates (subject to hydrolysis) is 1. The summed E-state index contributed by atoms with van der Waals surface area (Å²) in [6.07, 6.45) is 3.01. The van der Waals surface area contributed by atoms with Crippen LogP contribution in [-0.4, -0.2) is 37.2 Å². The van der Waals surface area contributed by atoms with Gasteiger partial charge in [0.2, 0.25) is 0 Å². The molecule has 1 aliphatic carbocycles. The van der Waals surface area contributed by atoms with Crippen LogP contribution < -0.4 is 15.5 Å². The molecular weight excluding hydrogens is 366 g/mol. The second kappa shape index (κ2) is 8.77. The Morgan fingerprint density at radius 2 is 1.90 bits per heavy atom. The fourth-order valence-electron chi connectivity index (χ4n) is 3.78. The van der Waals surface area contributed by atoms with E-state index in [1.807, 2.05) is 32.9 Å². The van der Waals surface area contributed by atoms with Crippen LogP contribution in [0.2, 0.25) is 0 Å². The number of hydrogen-bond acceptors (Lipinski definition) is 4. The van der Waals surface area contributed by atoms with Crippen molar-refractivity contribution in [2.75, 3.05) is 18.5 Å². The van der Waals surface area contributed by atoms with Gasteiger partial charge < -0.3 is 20.3 Å². The summed E-state index contributed by atoms with van der Waals surface area (Å²) in [4.78, 5) is 26.4. The smallest absolute Gasteiger partial charge is 0.407 e. The number of rotatable bonds is 2. The first-order valence-corrected chi connectivity index (χ1v) is 10.3. The van der Waals surface area contributed by atoms with Crippen LogP contribution in [0.1, 0.15) is 58.1 Å². The zero-order chi connectivity index (χ0) is 21.0. The van der Waals surface area contributed by atoms with Crippen LogP contribution in [-0.2, 0) is 9.53 Å². The van der Waals surface area contributed by atoms with Gasteiger partial charge in [0, 0.05) is 31.2 Å². The van der Waals surface area contributed by atoms with E-state index in [0.29, 0.717) is 0 Å². The van der Waals surface area contributed by atoms with Gasteiger partial charge in [-0.05, 0) is 64.0 Å². The molecule has 1 fully saturated rings. The molecule has 3 rings (SSSR count). The van der Waals surface area contributed by atoms with Crippen molar-refractivity contribution in [1.82, 2.24) is 10.6 Å². The monoisotopic (exact) mass is 397 g/mol. The van der Waals surface area contributed by atoms with Crippen molar-refractivity contribution >= 4 is 17.7 Å². The first kappa shape index (κ1) is 21.0. The summed E-state index contributed by atoms with van der Waals surface area (Å²) in [5.74, 6) is 5.69. The van der Waals surface area contributed by atoms with E-state index in [1.165, 1.54) is 5.69 Å². The van der Waals surface area contributed by atoms with E-state index < -0.39 is 11.7 Å². The molecule has 0 aromatic heterocycles. The summed E-state index contributed by atoms with van der Waals surface area (Å²) < 4.78 is 5.25. The molecule has 2 N–H and O–H groups in total. The van der Waals surface area contributed by atoms with Crippen LogP contribution >= 0.6 is 0 Å². The molecule has 1 unspecified atom stereocenters. The van der Waals surface area contributed by atoms with Gasteiger partial charge in [-0.1, -0.05) is 24.1 Å². The quantitative estimate of drug-likeness (QED) is 0.751. The van der Waals surface area contributed by atoms with E-state index in [4.69, 9.17) is 4.74 Å². The van der Waals surface area contributed by atoms with E-state index in [-0.39, 0.29) is 23.9 Å². The van der Waals surface area contributed by atoms with Gasteiger partial charge in [-0.15, -0.1) is 0 Å². The van der Waals surface area contributed by atoms with Crippen molar-refractivity contribution < 1.29 is 14.3 Å². The van der Waals surface area contributed by atoms with Gasteiger partial charge in [-0.2, -0.15) is 0 Å². The third-order valence-corrected chi connectivity index (χ3v) is 5.26. The average Bonchev–Trinajstić information content (AvgIpc) is 2.75. The predicted molar refractivity (Wildman–Crippen MR) is 113 cm³/mol. The molecule has 0 radical (unpaired) electrons. The van der Waals surface area contributed by atoms with E-state index in [2.05, 4.69) is 46.6 Å². The SMILES string of the molecule is CN1CCCC(NC(=O)C#CC2CC(NC(=O)OC(C)(C)C)C2)c2ccccc21. The molecule has 1 aliphatic heterocycles. The van der Waals surface area contributed by atoms with Crippen molar-refractivity contribution in [3.63, 3.8) is 0 Å². The van der Waals surface area contributed by atoms with Crippen LogP contribution in [0.4, 0.5) is 10.5 Å². The fourth-order valence-corrected chi connectivity index (χ4v) is 3.78. The van der Waals surface area contributed by atoms with Gasteiger partial charge in [0.1, 0.15) is 5.60 Å². The minimum Gasteiger partial charge on any atom is -0.444 e. The molecule has 156 valence electrons. The fraction of sp³-hybridized carbons (Fsp3) is 0.565. The van der Waals surface area contributed by atoms with E-state index in [9.17, 15) is 9.59 Å². The van der Waals surface area contributed by atoms with Crippen LogP contribution in [0.5, 0.6) is 0 Å². The summed E-state index contributed by atoms with van der Waals surface area (Å²) in [5.41, 5.74) is 1.81. The third kappa shape index (κ3) is 5.90. The van der Waals surface area contributed by atoms with Crippen molar-refractivity contribution in [2.24, 2.45) is 5.92 Å². The molecule has 0 bridgehead atoms. The molecule has 6 nitrogen and oxygen atoms in total. The lowest BCUT2D eigenvalue weighted by Crippen LogP contribution is -2.45. The average molecular weight is 398 g/mol. The maximum absolute atomic E-state index is 12.4. The number of fused-ring (bicyclic) bond motifs is 1. The second-order valence-corrected chi connectivity index (χ2v) is 8.93. The van der Waals surface area contributed by atoms with Crippen LogP contribution in [0.3, 0.4) is 0 Å². The Hall–Kier alpha value is -2.68. The molecule has 0 spiro atoms. The van der Waals surface area contributed by atoms with Gasteiger partial charge in [-0.25, -0.2) is 4.79 Å². The molecule has 29 heavy (non-hydrogen) atoms. The number of nitrogens with zero attached hydrogens (tertiary/aromatic N) is 1. The van der Waals surface area contributed by atoms with E-state index in [1.54, 1.807) is 0 Å². The number of amides is 2. The highest BCUT2D eigenvalue weighted by Gasteiger charge is 2.30. The Morgan fingerprint density at radius 3 is 2.62 bits per heavy atom. The number of carbonyl (C=O) groups is 2. The largest absolute Gasteiger partial charge is 0.444 e. The van der Waals surface area contributed by atoms with Gasteiger partial charge in [-0.3, -0.25) is 4.79 Å². The molecule has 2 amide bonds. The first-order chi connectivity index (χ1) is 13.7. The van der Waals surface area contributed by atoms with E-state index in [0.717, 1.165) is 37.8 Å². The van der Waals surface area contributed by atoms with Gasteiger partial charge >= 0.3 is 6.09 Å². The standard InChI is InChI=1S/C23H31N3O3/c1-23(2,3)29-22(28)24-17-14-16(15-17)11-12-21(27)25-19-9-7-13-26(4)20-10-6-5-8-18(19)20/h5-6,8,10,16-17,19H,7,9,13-15H2,1-4H3,(H,24,28)(H,25,27). The summed E-state index contributed by atoms with van der Waals surface area (Å²) in [6.45, 7) is 6.49. The molecule has 1 heterocycles. The molecule has 0 saturated heterocycles. The summed E-state index contributed by atoms with van der Waals surface area (Å²) >= 11 is 0. The molecule has 1 atom stereocenters. The normalized spacial score (nSPS) is 23.4. The molecule has 2 aliphatic rings. The van der Waals surface area contributed by atoms with Crippen molar-refractivity contribution in [1.29, 1.82) is 0 Å². The molecular formula is C23H31N3O3. The Bertz CT molecular complexity index is 813. The van der Waals surface area contributed by atoms with Gasteiger partial charge in [0.05, 0.1) is 6.04 Å². The number of nitrogens with one attached hydrogen (secondary N) is 2. The highest BCUT2D eigenvalue weighted by Crippen LogP contribution is 2.32. The zero-order valence-corrected chi connectivity index (χ0v) is 17.7. The molecule has 6 heteroatoms. The summed E-state index contributed by atoms with van der Waals surface area (Å²) in [6, 6.07) is 8.26. The highest BCUT2D eigenvalue weighted by atomic mass is 16.6. The number of carbonyl (C=O) groups excluding carboxylic acids is 2. The van der Waals surface area contributed by atoms with Gasteiger partial charge in [0.15, 0.2) is 0 Å². The number of anilines is 1. The third-order valence-electron chi connectivity index (χ3n) is 5.26. The number of ether oxygens (including phenoxy) is 1.